The van der Waals surface area contributed by atoms with Crippen LogP contribution in [0.1, 0.15) is 22.8 Å². The summed E-state index contributed by atoms with van der Waals surface area (Å²) in [6, 6.07) is 15.8. The molecule has 2 aliphatic heterocycles. The minimum Gasteiger partial charge on any atom is -0.383 e. The zero-order chi connectivity index (χ0) is 23.1. The quantitative estimate of drug-likeness (QED) is 0.603. The van der Waals surface area contributed by atoms with E-state index in [2.05, 4.69) is 34.1 Å². The molecule has 170 valence electrons. The fraction of sp³-hybridized carbons (Fsp3) is 0.308. The van der Waals surface area contributed by atoms with Crippen LogP contribution < -0.4 is 16.0 Å². The molecule has 3 heterocycles. The van der Waals surface area contributed by atoms with Crippen molar-refractivity contribution in [2.75, 3.05) is 43.9 Å². The molecule has 0 saturated carbocycles. The van der Waals surface area contributed by atoms with Gasteiger partial charge in [0, 0.05) is 54.6 Å². The molecule has 1 amide bonds. The molecule has 1 saturated heterocycles. The van der Waals surface area contributed by atoms with E-state index in [4.69, 9.17) is 5.73 Å². The molecule has 0 radical (unpaired) electrons. The number of anilines is 2. The van der Waals surface area contributed by atoms with Gasteiger partial charge in [0.25, 0.3) is 5.91 Å². The molecule has 2 aliphatic rings. The molecule has 5 rings (SSSR count). The van der Waals surface area contributed by atoms with E-state index in [1.54, 1.807) is 12.1 Å². The van der Waals surface area contributed by atoms with Gasteiger partial charge in [-0.2, -0.15) is 4.39 Å². The van der Waals surface area contributed by atoms with Gasteiger partial charge in [0.2, 0.25) is 5.95 Å². The predicted octanol–water partition coefficient (Wildman–Crippen LogP) is 3.56. The highest BCUT2D eigenvalue weighted by atomic mass is 19.1. The highest BCUT2D eigenvalue weighted by Crippen LogP contribution is 2.34. The number of aromatic nitrogens is 1. The molecule has 0 spiro atoms. The number of nitrogen functional groups attached to an aromatic ring is 1. The Hall–Kier alpha value is -3.45. The normalized spacial score (nSPS) is 18.7. The molecule has 2 aromatic carbocycles. The first kappa shape index (κ1) is 21.4. The Bertz CT molecular complexity index is 1210. The van der Waals surface area contributed by atoms with Crippen LogP contribution >= 0.6 is 0 Å². The standard InChI is InChI=1S/C26H28FN5O/c1-16-15-32(12-11-31(16)2)20-6-3-17(4-7-20)22-14-23(25(28)30-24(22)27)18-5-8-21-19(13-18)9-10-29-26(21)33/h3-8,13-14,16H,9-12,15H2,1-2H3,(H2,28,30)(H,29,33). The molecular formula is C26H28FN5O. The Morgan fingerprint density at radius 2 is 1.79 bits per heavy atom. The fourth-order valence-electron chi connectivity index (χ4n) is 4.67. The Morgan fingerprint density at radius 1 is 1.03 bits per heavy atom. The van der Waals surface area contributed by atoms with E-state index in [9.17, 15) is 9.18 Å². The zero-order valence-electron chi connectivity index (χ0n) is 18.9. The predicted molar refractivity (Wildman–Crippen MR) is 130 cm³/mol. The van der Waals surface area contributed by atoms with Crippen molar-refractivity contribution < 1.29 is 9.18 Å². The number of likely N-dealkylation sites (N-methyl/N-ethyl adjacent to an activating group) is 1. The summed E-state index contributed by atoms with van der Waals surface area (Å²) in [6.07, 6.45) is 0.753. The number of piperazine rings is 1. The van der Waals surface area contributed by atoms with E-state index in [0.717, 1.165) is 48.4 Å². The average molecular weight is 446 g/mol. The number of amides is 1. The Balaban J connectivity index is 1.46. The van der Waals surface area contributed by atoms with Gasteiger partial charge in [-0.1, -0.05) is 24.3 Å². The van der Waals surface area contributed by atoms with Crippen molar-refractivity contribution in [1.29, 1.82) is 0 Å². The molecule has 1 fully saturated rings. The number of hydrogen-bond acceptors (Lipinski definition) is 5. The lowest BCUT2D eigenvalue weighted by Crippen LogP contribution is -2.50. The van der Waals surface area contributed by atoms with Crippen LogP contribution in [0.25, 0.3) is 22.3 Å². The van der Waals surface area contributed by atoms with Gasteiger partial charge in [0.15, 0.2) is 0 Å². The number of benzene rings is 2. The summed E-state index contributed by atoms with van der Waals surface area (Å²) >= 11 is 0. The number of nitrogens with two attached hydrogens (primary N) is 1. The first-order valence-corrected chi connectivity index (χ1v) is 11.3. The van der Waals surface area contributed by atoms with Crippen molar-refractivity contribution in [3.05, 3.63) is 65.6 Å². The number of halogens is 1. The number of hydrogen-bond donors (Lipinski definition) is 2. The first-order valence-electron chi connectivity index (χ1n) is 11.3. The van der Waals surface area contributed by atoms with Crippen LogP contribution in [-0.4, -0.2) is 55.1 Å². The van der Waals surface area contributed by atoms with Gasteiger partial charge < -0.3 is 20.9 Å². The molecule has 6 nitrogen and oxygen atoms in total. The average Bonchev–Trinajstić information content (AvgIpc) is 2.81. The Kier molecular flexibility index (Phi) is 5.50. The molecule has 1 aromatic heterocycles. The SMILES string of the molecule is CC1CN(c2ccc(-c3cc(-c4ccc5c(c4)CCNC5=O)c(N)nc3F)cc2)CCN1C. The largest absolute Gasteiger partial charge is 0.383 e. The second-order valence-corrected chi connectivity index (χ2v) is 8.96. The molecule has 33 heavy (non-hydrogen) atoms. The van der Waals surface area contributed by atoms with Crippen molar-refractivity contribution in [1.82, 2.24) is 15.2 Å². The van der Waals surface area contributed by atoms with Crippen molar-refractivity contribution in [2.45, 2.75) is 19.4 Å². The smallest absolute Gasteiger partial charge is 0.251 e. The summed E-state index contributed by atoms with van der Waals surface area (Å²) in [6.45, 7) is 5.79. The first-order chi connectivity index (χ1) is 15.9. The van der Waals surface area contributed by atoms with Crippen LogP contribution in [0.3, 0.4) is 0 Å². The highest BCUT2D eigenvalue weighted by molar-refractivity contribution is 5.97. The molecule has 1 atom stereocenters. The van der Waals surface area contributed by atoms with Crippen LogP contribution in [-0.2, 0) is 6.42 Å². The van der Waals surface area contributed by atoms with E-state index in [1.165, 1.54) is 0 Å². The lowest BCUT2D eigenvalue weighted by Gasteiger charge is -2.39. The van der Waals surface area contributed by atoms with Gasteiger partial charge in [0.1, 0.15) is 5.82 Å². The Morgan fingerprint density at radius 3 is 2.55 bits per heavy atom. The topological polar surface area (TPSA) is 74.5 Å². The van der Waals surface area contributed by atoms with Gasteiger partial charge in [0.05, 0.1) is 0 Å². The monoisotopic (exact) mass is 445 g/mol. The summed E-state index contributed by atoms with van der Waals surface area (Å²) in [5.74, 6) is -0.516. The third-order valence-electron chi connectivity index (χ3n) is 6.85. The second kappa shape index (κ2) is 8.48. The van der Waals surface area contributed by atoms with Gasteiger partial charge in [-0.25, -0.2) is 4.98 Å². The van der Waals surface area contributed by atoms with Gasteiger partial charge in [-0.05, 0) is 61.3 Å². The maximum absolute atomic E-state index is 14.8. The highest BCUT2D eigenvalue weighted by Gasteiger charge is 2.22. The van der Waals surface area contributed by atoms with E-state index >= 15 is 0 Å². The summed E-state index contributed by atoms with van der Waals surface area (Å²) in [5.41, 5.74) is 11.5. The van der Waals surface area contributed by atoms with Crippen molar-refractivity contribution in [3.63, 3.8) is 0 Å². The molecular weight excluding hydrogens is 417 g/mol. The number of fused-ring (bicyclic) bond motifs is 1. The third-order valence-corrected chi connectivity index (χ3v) is 6.85. The van der Waals surface area contributed by atoms with Crippen LogP contribution in [0.5, 0.6) is 0 Å². The number of carbonyl (C=O) groups excluding carboxylic acids is 1. The van der Waals surface area contributed by atoms with E-state index < -0.39 is 5.95 Å². The maximum atomic E-state index is 14.8. The summed E-state index contributed by atoms with van der Waals surface area (Å²) in [4.78, 5) is 20.8. The molecule has 7 heteroatoms. The summed E-state index contributed by atoms with van der Waals surface area (Å²) in [7, 11) is 2.15. The van der Waals surface area contributed by atoms with E-state index in [1.807, 2.05) is 36.4 Å². The molecule has 0 bridgehead atoms. The molecule has 3 N–H and O–H groups in total. The maximum Gasteiger partial charge on any atom is 0.251 e. The minimum atomic E-state index is -0.588. The van der Waals surface area contributed by atoms with Crippen molar-refractivity contribution in [3.8, 4) is 22.3 Å². The van der Waals surface area contributed by atoms with E-state index in [0.29, 0.717) is 29.3 Å². The minimum absolute atomic E-state index is 0.0662. The number of nitrogens with zero attached hydrogens (tertiary/aromatic N) is 3. The lowest BCUT2D eigenvalue weighted by molar-refractivity contribution is 0.0946. The fourth-order valence-corrected chi connectivity index (χ4v) is 4.67. The third kappa shape index (κ3) is 4.04. The lowest BCUT2D eigenvalue weighted by atomic mass is 9.94. The number of carbonyl (C=O) groups is 1. The molecule has 3 aromatic rings. The van der Waals surface area contributed by atoms with Crippen LogP contribution in [0.4, 0.5) is 15.9 Å². The Labute approximate surface area is 193 Å². The number of nitrogens with one attached hydrogen (secondary N) is 1. The van der Waals surface area contributed by atoms with Crippen molar-refractivity contribution in [2.24, 2.45) is 0 Å². The van der Waals surface area contributed by atoms with Gasteiger partial charge >= 0.3 is 0 Å². The van der Waals surface area contributed by atoms with E-state index in [-0.39, 0.29) is 11.7 Å². The molecule has 0 aliphatic carbocycles. The summed E-state index contributed by atoms with van der Waals surface area (Å²) in [5, 5.41) is 2.85. The van der Waals surface area contributed by atoms with Crippen LogP contribution in [0, 0.1) is 5.95 Å². The summed E-state index contributed by atoms with van der Waals surface area (Å²) < 4.78 is 14.8. The number of pyridine rings is 1. The second-order valence-electron chi connectivity index (χ2n) is 8.96. The zero-order valence-corrected chi connectivity index (χ0v) is 18.9. The van der Waals surface area contributed by atoms with Crippen LogP contribution in [0.15, 0.2) is 48.5 Å². The van der Waals surface area contributed by atoms with Gasteiger partial charge in [-0.3, -0.25) is 4.79 Å². The van der Waals surface area contributed by atoms with Crippen molar-refractivity contribution >= 4 is 17.4 Å². The number of rotatable bonds is 3. The van der Waals surface area contributed by atoms with Crippen LogP contribution in [0.2, 0.25) is 0 Å². The molecule has 1 unspecified atom stereocenters. The van der Waals surface area contributed by atoms with Gasteiger partial charge in [-0.15, -0.1) is 0 Å².